The molecule has 0 saturated carbocycles. The maximum Gasteiger partial charge on any atom is 0.300 e. The molecule has 6 nitrogen and oxygen atoms in total. The number of amides is 1. The molecule has 1 aromatic heterocycles. The highest BCUT2D eigenvalue weighted by Gasteiger charge is 2.19. The lowest BCUT2D eigenvalue weighted by Crippen LogP contribution is -2.15. The molecule has 0 aliphatic heterocycles. The number of nitrogens with two attached hydrogens (primary N) is 1. The normalized spacial score (nSPS) is 9.62. The molecular formula is C7H7N3O3. The Morgan fingerprint density at radius 2 is 2.23 bits per heavy atom. The first-order valence-electron chi connectivity index (χ1n) is 3.44. The zero-order valence-electron chi connectivity index (χ0n) is 6.85. The van der Waals surface area contributed by atoms with Crippen LogP contribution in [0.15, 0.2) is 12.1 Å². The van der Waals surface area contributed by atoms with Gasteiger partial charge >= 0.3 is 5.69 Å². The molecule has 2 N–H and O–H groups in total. The topological polar surface area (TPSA) is 99.1 Å². The van der Waals surface area contributed by atoms with Crippen LogP contribution in [0.4, 0.5) is 5.69 Å². The van der Waals surface area contributed by atoms with Crippen molar-refractivity contribution in [1.29, 1.82) is 0 Å². The molecule has 0 atom stereocenters. The van der Waals surface area contributed by atoms with E-state index >= 15 is 0 Å². The van der Waals surface area contributed by atoms with Crippen LogP contribution in [-0.4, -0.2) is 15.8 Å². The van der Waals surface area contributed by atoms with Crippen LogP contribution < -0.4 is 5.73 Å². The fourth-order valence-electron chi connectivity index (χ4n) is 0.878. The summed E-state index contributed by atoms with van der Waals surface area (Å²) in [5.74, 6) is -0.893. The average Bonchev–Trinajstić information content (AvgIpc) is 2.03. The van der Waals surface area contributed by atoms with Gasteiger partial charge in [-0.3, -0.25) is 14.9 Å². The Morgan fingerprint density at radius 1 is 1.62 bits per heavy atom. The van der Waals surface area contributed by atoms with Gasteiger partial charge in [-0.25, -0.2) is 4.98 Å². The molecule has 1 amide bonds. The number of hydrogen-bond acceptors (Lipinski definition) is 4. The molecule has 0 aliphatic rings. The minimum atomic E-state index is -0.893. The summed E-state index contributed by atoms with van der Waals surface area (Å²) in [6, 6.07) is 2.66. The van der Waals surface area contributed by atoms with E-state index in [1.165, 1.54) is 12.1 Å². The van der Waals surface area contributed by atoms with E-state index in [9.17, 15) is 14.9 Å². The van der Waals surface area contributed by atoms with Crippen LogP contribution in [0, 0.1) is 17.0 Å². The average molecular weight is 181 g/mol. The van der Waals surface area contributed by atoms with Crippen LogP contribution in [0.1, 0.15) is 16.2 Å². The van der Waals surface area contributed by atoms with E-state index in [-0.39, 0.29) is 11.4 Å². The molecule has 68 valence electrons. The Kier molecular flexibility index (Phi) is 2.23. The Balaban J connectivity index is 3.35. The Labute approximate surface area is 73.5 Å². The second kappa shape index (κ2) is 3.18. The molecule has 0 bridgehead atoms. The number of nitro groups is 1. The first-order valence-corrected chi connectivity index (χ1v) is 3.44. The van der Waals surface area contributed by atoms with Crippen molar-refractivity contribution in [1.82, 2.24) is 4.98 Å². The second-order valence-electron chi connectivity index (χ2n) is 2.44. The van der Waals surface area contributed by atoms with Crippen molar-refractivity contribution in [2.75, 3.05) is 0 Å². The van der Waals surface area contributed by atoms with Gasteiger partial charge in [0.1, 0.15) is 0 Å². The zero-order chi connectivity index (χ0) is 10.0. The molecule has 0 radical (unpaired) electrons. The first kappa shape index (κ1) is 9.11. The fourth-order valence-corrected chi connectivity index (χ4v) is 0.878. The van der Waals surface area contributed by atoms with E-state index < -0.39 is 10.8 Å². The zero-order valence-corrected chi connectivity index (χ0v) is 6.85. The third-order valence-corrected chi connectivity index (χ3v) is 1.44. The summed E-state index contributed by atoms with van der Waals surface area (Å²) in [5.41, 5.74) is 4.76. The SMILES string of the molecule is Cc1ccc([N+](=O)[O-])c(C(N)=O)n1. The fraction of sp³-hybridized carbons (Fsp3) is 0.143. The van der Waals surface area contributed by atoms with Crippen LogP contribution in [-0.2, 0) is 0 Å². The molecular weight excluding hydrogens is 174 g/mol. The van der Waals surface area contributed by atoms with Crippen molar-refractivity contribution in [3.63, 3.8) is 0 Å². The first-order chi connectivity index (χ1) is 6.02. The molecule has 0 fully saturated rings. The van der Waals surface area contributed by atoms with Crippen molar-refractivity contribution in [3.05, 3.63) is 33.6 Å². The molecule has 1 heterocycles. The van der Waals surface area contributed by atoms with Gasteiger partial charge in [0.2, 0.25) is 5.69 Å². The van der Waals surface area contributed by atoms with Crippen LogP contribution in [0.2, 0.25) is 0 Å². The summed E-state index contributed by atoms with van der Waals surface area (Å²) in [6.45, 7) is 1.62. The van der Waals surface area contributed by atoms with Gasteiger partial charge in [-0.2, -0.15) is 0 Å². The van der Waals surface area contributed by atoms with Gasteiger partial charge in [-0.1, -0.05) is 0 Å². The number of carbonyl (C=O) groups is 1. The lowest BCUT2D eigenvalue weighted by Gasteiger charge is -1.98. The van der Waals surface area contributed by atoms with E-state index in [2.05, 4.69) is 4.98 Å². The van der Waals surface area contributed by atoms with E-state index in [0.29, 0.717) is 5.69 Å². The van der Waals surface area contributed by atoms with E-state index in [1.807, 2.05) is 0 Å². The van der Waals surface area contributed by atoms with Crippen molar-refractivity contribution in [3.8, 4) is 0 Å². The highest BCUT2D eigenvalue weighted by molar-refractivity contribution is 5.94. The van der Waals surface area contributed by atoms with Crippen molar-refractivity contribution in [2.24, 2.45) is 5.73 Å². The molecule has 13 heavy (non-hydrogen) atoms. The van der Waals surface area contributed by atoms with Crippen molar-refractivity contribution in [2.45, 2.75) is 6.92 Å². The van der Waals surface area contributed by atoms with Gasteiger partial charge in [0.25, 0.3) is 5.91 Å². The number of primary amides is 1. The van der Waals surface area contributed by atoms with Crippen molar-refractivity contribution >= 4 is 11.6 Å². The summed E-state index contributed by atoms with van der Waals surface area (Å²) in [4.78, 5) is 24.1. The minimum absolute atomic E-state index is 0.301. The van der Waals surface area contributed by atoms with Gasteiger partial charge in [0.15, 0.2) is 0 Å². The molecule has 1 aromatic rings. The summed E-state index contributed by atoms with van der Waals surface area (Å²) in [7, 11) is 0. The third kappa shape index (κ3) is 1.78. The van der Waals surface area contributed by atoms with Crippen LogP contribution >= 0.6 is 0 Å². The number of aryl methyl sites for hydroxylation is 1. The molecule has 1 rings (SSSR count). The van der Waals surface area contributed by atoms with E-state index in [0.717, 1.165) is 0 Å². The number of hydrogen-bond donors (Lipinski definition) is 1. The maximum absolute atomic E-state index is 10.7. The van der Waals surface area contributed by atoms with E-state index in [4.69, 9.17) is 5.73 Å². The quantitative estimate of drug-likeness (QED) is 0.527. The number of aromatic nitrogens is 1. The maximum atomic E-state index is 10.7. The number of pyridine rings is 1. The van der Waals surface area contributed by atoms with Gasteiger partial charge in [-0.15, -0.1) is 0 Å². The molecule has 0 saturated heterocycles. The summed E-state index contributed by atoms with van der Waals surface area (Å²) < 4.78 is 0. The number of carbonyl (C=O) groups excluding carboxylic acids is 1. The minimum Gasteiger partial charge on any atom is -0.364 e. The highest BCUT2D eigenvalue weighted by Crippen LogP contribution is 2.15. The van der Waals surface area contributed by atoms with Crippen LogP contribution in [0.5, 0.6) is 0 Å². The molecule has 0 aromatic carbocycles. The summed E-state index contributed by atoms with van der Waals surface area (Å²) in [5, 5.41) is 10.4. The number of rotatable bonds is 2. The van der Waals surface area contributed by atoms with Gasteiger partial charge in [0, 0.05) is 11.8 Å². The Morgan fingerprint density at radius 3 is 2.69 bits per heavy atom. The van der Waals surface area contributed by atoms with Crippen LogP contribution in [0.3, 0.4) is 0 Å². The predicted molar refractivity (Wildman–Crippen MR) is 44.1 cm³/mol. The van der Waals surface area contributed by atoms with Gasteiger partial charge < -0.3 is 5.73 Å². The second-order valence-corrected chi connectivity index (χ2v) is 2.44. The Bertz CT molecular complexity index is 375. The van der Waals surface area contributed by atoms with E-state index in [1.54, 1.807) is 6.92 Å². The largest absolute Gasteiger partial charge is 0.364 e. The monoisotopic (exact) mass is 181 g/mol. The third-order valence-electron chi connectivity index (χ3n) is 1.44. The van der Waals surface area contributed by atoms with Gasteiger partial charge in [0.05, 0.1) is 4.92 Å². The predicted octanol–water partition coefficient (Wildman–Crippen LogP) is 0.397. The summed E-state index contributed by atoms with van der Waals surface area (Å²) in [6.07, 6.45) is 0. The molecule has 0 unspecified atom stereocenters. The van der Waals surface area contributed by atoms with Crippen molar-refractivity contribution < 1.29 is 9.72 Å². The standard InChI is InChI=1S/C7H7N3O3/c1-4-2-3-5(10(12)13)6(9-4)7(8)11/h2-3H,1H3,(H2,8,11). The molecule has 6 heteroatoms. The Hall–Kier alpha value is -1.98. The lowest BCUT2D eigenvalue weighted by atomic mass is 10.2. The van der Waals surface area contributed by atoms with Crippen LogP contribution in [0.25, 0.3) is 0 Å². The smallest absolute Gasteiger partial charge is 0.300 e. The van der Waals surface area contributed by atoms with Gasteiger partial charge in [-0.05, 0) is 13.0 Å². The molecule has 0 spiro atoms. The lowest BCUT2D eigenvalue weighted by molar-refractivity contribution is -0.385. The molecule has 0 aliphatic carbocycles. The highest BCUT2D eigenvalue weighted by atomic mass is 16.6. The number of nitrogens with zero attached hydrogens (tertiary/aromatic N) is 2. The summed E-state index contributed by atoms with van der Waals surface area (Å²) >= 11 is 0.